The maximum absolute atomic E-state index is 5.64. The molecule has 1 aromatic carbocycles. The minimum absolute atomic E-state index is 0.470. The highest BCUT2D eigenvalue weighted by Gasteiger charge is 2.15. The maximum atomic E-state index is 5.64. The molecule has 3 nitrogen and oxygen atoms in total. The van der Waals surface area contributed by atoms with Gasteiger partial charge in [0.25, 0.3) is 0 Å². The molecule has 0 radical (unpaired) electrons. The van der Waals surface area contributed by atoms with E-state index >= 15 is 0 Å². The average Bonchev–Trinajstić information content (AvgIpc) is 2.30. The van der Waals surface area contributed by atoms with E-state index in [2.05, 4.69) is 35.9 Å². The van der Waals surface area contributed by atoms with Crippen LogP contribution in [0.2, 0.25) is 0 Å². The second-order valence-electron chi connectivity index (χ2n) is 4.66. The summed E-state index contributed by atoms with van der Waals surface area (Å²) in [5.74, 6) is 0. The summed E-state index contributed by atoms with van der Waals surface area (Å²) >= 11 is 4.99. The maximum Gasteiger partial charge on any atom is 0.103 e. The number of hydrogen-bond acceptors (Lipinski definition) is 3. The van der Waals surface area contributed by atoms with Crippen LogP contribution in [0, 0.1) is 6.92 Å². The number of nitrogens with two attached hydrogens (primary N) is 1. The molecule has 0 bridgehead atoms. The number of anilines is 1. The van der Waals surface area contributed by atoms with Gasteiger partial charge in [0.15, 0.2) is 0 Å². The molecule has 0 aromatic heterocycles. The van der Waals surface area contributed by atoms with Gasteiger partial charge in [-0.1, -0.05) is 12.2 Å². The molecule has 1 fully saturated rings. The van der Waals surface area contributed by atoms with E-state index in [4.69, 9.17) is 18.0 Å². The molecule has 1 aliphatic heterocycles. The van der Waals surface area contributed by atoms with Crippen LogP contribution >= 0.6 is 12.2 Å². The molecule has 4 heteroatoms. The molecule has 0 saturated carbocycles. The monoisotopic (exact) mass is 249 g/mol. The van der Waals surface area contributed by atoms with Crippen LogP contribution in [0.25, 0.3) is 0 Å². The highest BCUT2D eigenvalue weighted by molar-refractivity contribution is 7.80. The van der Waals surface area contributed by atoms with Gasteiger partial charge >= 0.3 is 0 Å². The lowest BCUT2D eigenvalue weighted by Gasteiger charge is -2.35. The minimum Gasteiger partial charge on any atom is -0.389 e. The molecule has 0 atom stereocenters. The van der Waals surface area contributed by atoms with Gasteiger partial charge in [-0.15, -0.1) is 0 Å². The Bertz CT molecular complexity index is 423. The van der Waals surface area contributed by atoms with Crippen LogP contribution < -0.4 is 10.6 Å². The van der Waals surface area contributed by atoms with Crippen LogP contribution in [0.4, 0.5) is 5.69 Å². The third-order valence-electron chi connectivity index (χ3n) is 3.33. The molecular formula is C13H19N3S. The quantitative estimate of drug-likeness (QED) is 0.803. The zero-order chi connectivity index (χ0) is 12.4. The Labute approximate surface area is 108 Å². The Morgan fingerprint density at radius 2 is 1.88 bits per heavy atom. The predicted molar refractivity (Wildman–Crippen MR) is 76.8 cm³/mol. The smallest absolute Gasteiger partial charge is 0.103 e. The number of piperazine rings is 1. The third-order valence-corrected chi connectivity index (χ3v) is 3.56. The van der Waals surface area contributed by atoms with Crippen molar-refractivity contribution in [2.45, 2.75) is 6.92 Å². The van der Waals surface area contributed by atoms with Crippen molar-refractivity contribution in [2.24, 2.45) is 5.73 Å². The molecule has 2 N–H and O–H groups in total. The number of aryl methyl sites for hydroxylation is 1. The van der Waals surface area contributed by atoms with E-state index < -0.39 is 0 Å². The fourth-order valence-electron chi connectivity index (χ4n) is 2.21. The number of likely N-dealkylation sites (N-methyl/N-ethyl adjacent to an activating group) is 1. The number of benzene rings is 1. The Kier molecular flexibility index (Phi) is 3.64. The standard InChI is InChI=1S/C13H19N3S/c1-10-9-11(13(14)17)3-4-12(10)16-7-5-15(2)6-8-16/h3-4,9H,5-8H2,1-2H3,(H2,14,17). The van der Waals surface area contributed by atoms with Gasteiger partial charge in [0.2, 0.25) is 0 Å². The fourth-order valence-corrected chi connectivity index (χ4v) is 2.34. The number of nitrogens with zero attached hydrogens (tertiary/aromatic N) is 2. The number of rotatable bonds is 2. The van der Waals surface area contributed by atoms with E-state index in [1.807, 2.05) is 6.07 Å². The topological polar surface area (TPSA) is 32.5 Å². The first-order valence-electron chi connectivity index (χ1n) is 5.92. The Morgan fingerprint density at radius 1 is 1.24 bits per heavy atom. The van der Waals surface area contributed by atoms with Gasteiger partial charge in [0.05, 0.1) is 0 Å². The first kappa shape index (κ1) is 12.3. The van der Waals surface area contributed by atoms with E-state index in [0.29, 0.717) is 4.99 Å². The van der Waals surface area contributed by atoms with E-state index in [0.717, 1.165) is 31.7 Å². The van der Waals surface area contributed by atoms with Crippen LogP contribution in [0.5, 0.6) is 0 Å². The predicted octanol–water partition coefficient (Wildman–Crippen LogP) is 1.38. The van der Waals surface area contributed by atoms with Crippen LogP contribution in [-0.4, -0.2) is 43.1 Å². The Morgan fingerprint density at radius 3 is 2.41 bits per heavy atom. The number of thiocarbonyl (C=S) groups is 1. The fraction of sp³-hybridized carbons (Fsp3) is 0.462. The molecule has 2 rings (SSSR count). The molecule has 0 unspecified atom stereocenters. The summed E-state index contributed by atoms with van der Waals surface area (Å²) in [6.07, 6.45) is 0. The van der Waals surface area contributed by atoms with Crippen molar-refractivity contribution >= 4 is 22.9 Å². The lowest BCUT2D eigenvalue weighted by atomic mass is 10.1. The van der Waals surface area contributed by atoms with Crippen molar-refractivity contribution in [2.75, 3.05) is 38.1 Å². The minimum atomic E-state index is 0.470. The lowest BCUT2D eigenvalue weighted by Crippen LogP contribution is -2.44. The van der Waals surface area contributed by atoms with Gasteiger partial charge in [-0.3, -0.25) is 0 Å². The highest BCUT2D eigenvalue weighted by Crippen LogP contribution is 2.22. The van der Waals surface area contributed by atoms with E-state index in [9.17, 15) is 0 Å². The van der Waals surface area contributed by atoms with Gasteiger partial charge < -0.3 is 15.5 Å². The zero-order valence-electron chi connectivity index (χ0n) is 10.4. The van der Waals surface area contributed by atoms with Crippen LogP contribution in [0.15, 0.2) is 18.2 Å². The van der Waals surface area contributed by atoms with Crippen LogP contribution in [0.1, 0.15) is 11.1 Å². The third kappa shape index (κ3) is 2.76. The number of hydrogen-bond donors (Lipinski definition) is 1. The molecule has 0 aliphatic carbocycles. The molecule has 1 aliphatic rings. The van der Waals surface area contributed by atoms with E-state index in [-0.39, 0.29) is 0 Å². The molecule has 0 amide bonds. The molecule has 1 heterocycles. The summed E-state index contributed by atoms with van der Waals surface area (Å²) in [5.41, 5.74) is 9.15. The van der Waals surface area contributed by atoms with Gasteiger partial charge in [0, 0.05) is 37.4 Å². The second-order valence-corrected chi connectivity index (χ2v) is 5.10. The summed E-state index contributed by atoms with van der Waals surface area (Å²) in [5, 5.41) is 0. The molecule has 17 heavy (non-hydrogen) atoms. The zero-order valence-corrected chi connectivity index (χ0v) is 11.3. The van der Waals surface area contributed by atoms with Crippen molar-refractivity contribution in [3.8, 4) is 0 Å². The Hall–Kier alpha value is -1.13. The van der Waals surface area contributed by atoms with Crippen molar-refractivity contribution in [3.05, 3.63) is 29.3 Å². The summed E-state index contributed by atoms with van der Waals surface area (Å²) < 4.78 is 0. The lowest BCUT2D eigenvalue weighted by molar-refractivity contribution is 0.312. The second kappa shape index (κ2) is 5.02. The summed E-state index contributed by atoms with van der Waals surface area (Å²) in [7, 11) is 2.17. The largest absolute Gasteiger partial charge is 0.389 e. The van der Waals surface area contributed by atoms with Gasteiger partial charge in [-0.25, -0.2) is 0 Å². The van der Waals surface area contributed by atoms with Gasteiger partial charge in [-0.05, 0) is 37.7 Å². The molecule has 1 saturated heterocycles. The highest BCUT2D eigenvalue weighted by atomic mass is 32.1. The van der Waals surface area contributed by atoms with Crippen molar-refractivity contribution in [3.63, 3.8) is 0 Å². The first-order valence-corrected chi connectivity index (χ1v) is 6.32. The summed E-state index contributed by atoms with van der Waals surface area (Å²) in [4.78, 5) is 5.26. The van der Waals surface area contributed by atoms with Crippen molar-refractivity contribution < 1.29 is 0 Å². The van der Waals surface area contributed by atoms with Crippen molar-refractivity contribution in [1.29, 1.82) is 0 Å². The molecule has 1 aromatic rings. The van der Waals surface area contributed by atoms with Gasteiger partial charge in [0.1, 0.15) is 4.99 Å². The average molecular weight is 249 g/mol. The summed E-state index contributed by atoms with van der Waals surface area (Å²) in [6, 6.07) is 6.23. The molecule has 0 spiro atoms. The Balaban J connectivity index is 2.19. The van der Waals surface area contributed by atoms with E-state index in [1.165, 1.54) is 11.3 Å². The van der Waals surface area contributed by atoms with Crippen LogP contribution in [-0.2, 0) is 0 Å². The molecule has 92 valence electrons. The van der Waals surface area contributed by atoms with Crippen molar-refractivity contribution in [1.82, 2.24) is 4.90 Å². The van der Waals surface area contributed by atoms with Gasteiger partial charge in [-0.2, -0.15) is 0 Å². The molecular weight excluding hydrogens is 230 g/mol. The van der Waals surface area contributed by atoms with Crippen LogP contribution in [0.3, 0.4) is 0 Å². The summed E-state index contributed by atoms with van der Waals surface area (Å²) in [6.45, 7) is 6.54. The SMILES string of the molecule is Cc1cc(C(N)=S)ccc1N1CCN(C)CC1. The van der Waals surface area contributed by atoms with E-state index in [1.54, 1.807) is 0 Å². The first-order chi connectivity index (χ1) is 8.08. The normalized spacial score (nSPS) is 17.2.